The number of ether oxygens (including phenoxy) is 5. The zero-order chi connectivity index (χ0) is 18.5. The maximum atomic E-state index is 11.4. The van der Waals surface area contributed by atoms with Crippen LogP contribution in [0.5, 0.6) is 0 Å². The van der Waals surface area contributed by atoms with Gasteiger partial charge in [0.25, 0.3) is 0 Å². The van der Waals surface area contributed by atoms with Gasteiger partial charge >= 0.3 is 23.9 Å². The second-order valence-corrected chi connectivity index (χ2v) is 5.19. The van der Waals surface area contributed by atoms with Crippen molar-refractivity contribution in [2.24, 2.45) is 0 Å². The first kappa shape index (κ1) is 19.8. The van der Waals surface area contributed by atoms with Gasteiger partial charge in [-0.3, -0.25) is 19.2 Å². The first-order chi connectivity index (χ1) is 11.0. The van der Waals surface area contributed by atoms with Crippen LogP contribution >= 0.6 is 0 Å². The molecule has 1 rings (SSSR count). The topological polar surface area (TPSA) is 135 Å². The lowest BCUT2D eigenvalue weighted by atomic mass is 9.96. The Morgan fingerprint density at radius 1 is 0.958 bits per heavy atom. The minimum absolute atomic E-state index is 0.368. The van der Waals surface area contributed by atoms with Gasteiger partial charge in [-0.25, -0.2) is 0 Å². The molecule has 1 aliphatic heterocycles. The van der Waals surface area contributed by atoms with Gasteiger partial charge in [0, 0.05) is 27.7 Å². The Kier molecular flexibility index (Phi) is 6.67. The third-order valence-corrected chi connectivity index (χ3v) is 3.00. The molecule has 0 radical (unpaired) electrons. The standard InChI is InChI=1S/C14H20O10/c1-7(15)20-6-14(19)13(24-10(4)18)12(23-9(3)17)11(5-21-14)22-8(2)16/h11-13,19H,5-6H2,1-4H3/t11-,12-,13-,14+/m1/s1. The average Bonchev–Trinajstić information content (AvgIpc) is 2.43. The Morgan fingerprint density at radius 3 is 1.96 bits per heavy atom. The van der Waals surface area contributed by atoms with Crippen molar-refractivity contribution in [2.75, 3.05) is 13.2 Å². The van der Waals surface area contributed by atoms with Gasteiger partial charge in [-0.05, 0) is 0 Å². The van der Waals surface area contributed by atoms with Crippen molar-refractivity contribution in [3.05, 3.63) is 0 Å². The Balaban J connectivity index is 3.14. The molecule has 0 spiro atoms. The van der Waals surface area contributed by atoms with E-state index in [-0.39, 0.29) is 6.61 Å². The summed E-state index contributed by atoms with van der Waals surface area (Å²) in [5.74, 6) is -5.24. The molecule has 0 bridgehead atoms. The quantitative estimate of drug-likeness (QED) is 0.490. The van der Waals surface area contributed by atoms with Crippen molar-refractivity contribution < 1.29 is 48.0 Å². The predicted octanol–water partition coefficient (Wildman–Crippen LogP) is -0.937. The summed E-state index contributed by atoms with van der Waals surface area (Å²) in [6.45, 7) is 3.35. The van der Waals surface area contributed by atoms with Crippen molar-refractivity contribution in [3.8, 4) is 0 Å². The van der Waals surface area contributed by atoms with E-state index in [0.717, 1.165) is 27.7 Å². The van der Waals surface area contributed by atoms with Crippen LogP contribution in [0.4, 0.5) is 0 Å². The van der Waals surface area contributed by atoms with Gasteiger partial charge in [-0.15, -0.1) is 0 Å². The van der Waals surface area contributed by atoms with Gasteiger partial charge in [0.1, 0.15) is 6.61 Å². The molecule has 0 aromatic rings. The Labute approximate surface area is 137 Å². The van der Waals surface area contributed by atoms with E-state index in [2.05, 4.69) is 0 Å². The molecule has 4 atom stereocenters. The number of esters is 4. The summed E-state index contributed by atoms with van der Waals surface area (Å²) in [5.41, 5.74) is 0. The average molecular weight is 348 g/mol. The SMILES string of the molecule is CC(=O)OC[C@]1(O)OC[C@@H](OC(C)=O)[C@@H](OC(C)=O)[C@H]1OC(C)=O. The summed E-state index contributed by atoms with van der Waals surface area (Å²) in [7, 11) is 0. The van der Waals surface area contributed by atoms with E-state index in [1.165, 1.54) is 0 Å². The van der Waals surface area contributed by atoms with Gasteiger partial charge in [-0.1, -0.05) is 0 Å². The molecule has 1 aliphatic rings. The normalized spacial score (nSPS) is 29.3. The van der Waals surface area contributed by atoms with Crippen molar-refractivity contribution in [3.63, 3.8) is 0 Å². The molecule has 1 heterocycles. The lowest BCUT2D eigenvalue weighted by molar-refractivity contribution is -0.335. The molecule has 136 valence electrons. The Hall–Kier alpha value is -2.20. The van der Waals surface area contributed by atoms with Crippen molar-refractivity contribution in [1.82, 2.24) is 0 Å². The monoisotopic (exact) mass is 348 g/mol. The van der Waals surface area contributed by atoms with Crippen LogP contribution in [0.3, 0.4) is 0 Å². The number of carbonyl (C=O) groups excluding carboxylic acids is 4. The van der Waals surface area contributed by atoms with Crippen molar-refractivity contribution >= 4 is 23.9 Å². The van der Waals surface area contributed by atoms with Crippen LogP contribution in [0.15, 0.2) is 0 Å². The first-order valence-electron chi connectivity index (χ1n) is 7.06. The Morgan fingerprint density at radius 2 is 1.50 bits per heavy atom. The Bertz CT molecular complexity index is 516. The van der Waals surface area contributed by atoms with Crippen LogP contribution < -0.4 is 0 Å². The molecule has 0 unspecified atom stereocenters. The molecule has 24 heavy (non-hydrogen) atoms. The highest BCUT2D eigenvalue weighted by Crippen LogP contribution is 2.31. The second kappa shape index (κ2) is 8.06. The summed E-state index contributed by atoms with van der Waals surface area (Å²) < 4.78 is 24.9. The third kappa shape index (κ3) is 5.46. The number of hydrogen-bond acceptors (Lipinski definition) is 10. The number of aliphatic hydroxyl groups is 1. The van der Waals surface area contributed by atoms with Gasteiger partial charge in [-0.2, -0.15) is 0 Å². The minimum Gasteiger partial charge on any atom is -0.460 e. The number of carbonyl (C=O) groups is 4. The van der Waals surface area contributed by atoms with Gasteiger partial charge in [0.05, 0.1) is 6.61 Å². The summed E-state index contributed by atoms with van der Waals surface area (Å²) in [5, 5.41) is 10.6. The van der Waals surface area contributed by atoms with E-state index < -0.39 is 54.6 Å². The van der Waals surface area contributed by atoms with Crippen LogP contribution in [0.25, 0.3) is 0 Å². The van der Waals surface area contributed by atoms with Crippen LogP contribution in [0.1, 0.15) is 27.7 Å². The van der Waals surface area contributed by atoms with E-state index in [1.54, 1.807) is 0 Å². The molecular weight excluding hydrogens is 328 g/mol. The first-order valence-corrected chi connectivity index (χ1v) is 7.06. The summed E-state index contributed by atoms with van der Waals surface area (Å²) in [4.78, 5) is 44.9. The summed E-state index contributed by atoms with van der Waals surface area (Å²) >= 11 is 0. The van der Waals surface area contributed by atoms with Crippen molar-refractivity contribution in [2.45, 2.75) is 51.8 Å². The minimum atomic E-state index is -2.27. The molecule has 0 aliphatic carbocycles. The fourth-order valence-electron chi connectivity index (χ4n) is 2.17. The maximum absolute atomic E-state index is 11.4. The molecule has 0 aromatic carbocycles. The fraction of sp³-hybridized carbons (Fsp3) is 0.714. The predicted molar refractivity (Wildman–Crippen MR) is 74.2 cm³/mol. The van der Waals surface area contributed by atoms with E-state index in [4.69, 9.17) is 23.7 Å². The highest BCUT2D eigenvalue weighted by atomic mass is 16.7. The highest BCUT2D eigenvalue weighted by Gasteiger charge is 2.56. The summed E-state index contributed by atoms with van der Waals surface area (Å²) in [6, 6.07) is 0. The van der Waals surface area contributed by atoms with Crippen LogP contribution in [-0.2, 0) is 42.9 Å². The summed E-state index contributed by atoms with van der Waals surface area (Å²) in [6.07, 6.45) is -4.03. The lowest BCUT2D eigenvalue weighted by Gasteiger charge is -2.44. The number of rotatable bonds is 5. The maximum Gasteiger partial charge on any atom is 0.303 e. The smallest absolute Gasteiger partial charge is 0.303 e. The zero-order valence-electron chi connectivity index (χ0n) is 13.8. The third-order valence-electron chi connectivity index (χ3n) is 3.00. The molecule has 0 amide bonds. The zero-order valence-corrected chi connectivity index (χ0v) is 13.8. The second-order valence-electron chi connectivity index (χ2n) is 5.19. The van der Waals surface area contributed by atoms with E-state index in [1.807, 2.05) is 0 Å². The van der Waals surface area contributed by atoms with E-state index in [0.29, 0.717) is 0 Å². The molecule has 1 N–H and O–H groups in total. The molecule has 1 fully saturated rings. The molecule has 10 heteroatoms. The molecule has 0 saturated carbocycles. The largest absolute Gasteiger partial charge is 0.460 e. The molecule has 0 aromatic heterocycles. The van der Waals surface area contributed by atoms with Crippen molar-refractivity contribution in [1.29, 1.82) is 0 Å². The molecule has 1 saturated heterocycles. The van der Waals surface area contributed by atoms with E-state index in [9.17, 15) is 24.3 Å². The van der Waals surface area contributed by atoms with Gasteiger partial charge in [0.15, 0.2) is 18.3 Å². The van der Waals surface area contributed by atoms with Crippen LogP contribution in [0, 0.1) is 0 Å². The van der Waals surface area contributed by atoms with Gasteiger partial charge < -0.3 is 28.8 Å². The van der Waals surface area contributed by atoms with Crippen LogP contribution in [-0.4, -0.2) is 66.3 Å². The molecular formula is C14H20O10. The molecule has 10 nitrogen and oxygen atoms in total. The van der Waals surface area contributed by atoms with E-state index >= 15 is 0 Å². The van der Waals surface area contributed by atoms with Gasteiger partial charge in [0.2, 0.25) is 5.79 Å². The highest BCUT2D eigenvalue weighted by molar-refractivity contribution is 5.68. The van der Waals surface area contributed by atoms with Crippen LogP contribution in [0.2, 0.25) is 0 Å². The lowest BCUT2D eigenvalue weighted by Crippen LogP contribution is -2.65. The number of hydrogen-bond donors (Lipinski definition) is 1. The fourth-order valence-corrected chi connectivity index (χ4v) is 2.17.